The number of carbonyl (C=O) groups is 1. The van der Waals surface area contributed by atoms with Crippen LogP contribution in [0.3, 0.4) is 0 Å². The SMILES string of the molecule is CC(C)c1ccc2c(c1)CCCN2C(=O)c1cc([N+](=O)[O-])cc([N+](=O)[O-])c1. The summed E-state index contributed by atoms with van der Waals surface area (Å²) in [5.41, 5.74) is 1.97. The Kier molecular flexibility index (Phi) is 4.89. The number of hydrogen-bond acceptors (Lipinski definition) is 5. The summed E-state index contributed by atoms with van der Waals surface area (Å²) >= 11 is 0. The lowest BCUT2D eigenvalue weighted by molar-refractivity contribution is -0.394. The monoisotopic (exact) mass is 369 g/mol. The summed E-state index contributed by atoms with van der Waals surface area (Å²) in [7, 11) is 0. The summed E-state index contributed by atoms with van der Waals surface area (Å²) in [5.74, 6) is -0.110. The van der Waals surface area contributed by atoms with Gasteiger partial charge in [-0.15, -0.1) is 0 Å². The molecule has 1 aliphatic heterocycles. The first-order valence-corrected chi connectivity index (χ1v) is 8.66. The number of anilines is 1. The van der Waals surface area contributed by atoms with E-state index in [4.69, 9.17) is 0 Å². The molecule has 140 valence electrons. The Balaban J connectivity index is 2.03. The van der Waals surface area contributed by atoms with E-state index in [0.29, 0.717) is 12.5 Å². The molecule has 2 aromatic carbocycles. The van der Waals surface area contributed by atoms with E-state index in [1.54, 1.807) is 4.90 Å². The van der Waals surface area contributed by atoms with Gasteiger partial charge >= 0.3 is 0 Å². The number of aryl methyl sites for hydroxylation is 1. The van der Waals surface area contributed by atoms with Crippen LogP contribution in [0.4, 0.5) is 17.1 Å². The van der Waals surface area contributed by atoms with Gasteiger partial charge in [0.1, 0.15) is 0 Å². The molecule has 8 heteroatoms. The molecule has 0 radical (unpaired) electrons. The molecule has 0 atom stereocenters. The first kappa shape index (κ1) is 18.5. The highest BCUT2D eigenvalue weighted by atomic mass is 16.6. The molecule has 1 aliphatic rings. The van der Waals surface area contributed by atoms with Gasteiger partial charge in [-0.2, -0.15) is 0 Å². The summed E-state index contributed by atoms with van der Waals surface area (Å²) in [4.78, 5) is 35.3. The Morgan fingerprint density at radius 1 is 1.04 bits per heavy atom. The van der Waals surface area contributed by atoms with E-state index in [1.807, 2.05) is 12.1 Å². The zero-order valence-corrected chi connectivity index (χ0v) is 15.0. The number of carbonyl (C=O) groups excluding carboxylic acids is 1. The van der Waals surface area contributed by atoms with Crippen molar-refractivity contribution in [3.05, 3.63) is 73.3 Å². The van der Waals surface area contributed by atoms with E-state index in [0.717, 1.165) is 42.3 Å². The second-order valence-electron chi connectivity index (χ2n) is 6.86. The Bertz CT molecular complexity index is 907. The van der Waals surface area contributed by atoms with Crippen LogP contribution >= 0.6 is 0 Å². The number of rotatable bonds is 4. The van der Waals surface area contributed by atoms with Crippen LogP contribution in [0.5, 0.6) is 0 Å². The first-order valence-electron chi connectivity index (χ1n) is 8.66. The quantitative estimate of drug-likeness (QED) is 0.592. The van der Waals surface area contributed by atoms with Crippen LogP contribution in [-0.2, 0) is 6.42 Å². The molecule has 1 heterocycles. The highest BCUT2D eigenvalue weighted by Crippen LogP contribution is 2.32. The summed E-state index contributed by atoms with van der Waals surface area (Å²) in [6.07, 6.45) is 1.60. The van der Waals surface area contributed by atoms with E-state index >= 15 is 0 Å². The molecule has 0 saturated carbocycles. The van der Waals surface area contributed by atoms with Gasteiger partial charge in [-0.05, 0) is 36.0 Å². The minimum Gasteiger partial charge on any atom is -0.308 e. The molecule has 0 aliphatic carbocycles. The smallest absolute Gasteiger partial charge is 0.277 e. The number of hydrogen-bond donors (Lipinski definition) is 0. The molecule has 0 unspecified atom stereocenters. The zero-order valence-electron chi connectivity index (χ0n) is 15.0. The van der Waals surface area contributed by atoms with Crippen LogP contribution in [0.15, 0.2) is 36.4 Å². The van der Waals surface area contributed by atoms with Crippen LogP contribution in [0.1, 0.15) is 47.7 Å². The maximum atomic E-state index is 13.0. The maximum Gasteiger partial charge on any atom is 0.277 e. The lowest BCUT2D eigenvalue weighted by Gasteiger charge is -2.30. The van der Waals surface area contributed by atoms with Crippen molar-refractivity contribution >= 4 is 23.0 Å². The van der Waals surface area contributed by atoms with Crippen molar-refractivity contribution in [2.24, 2.45) is 0 Å². The van der Waals surface area contributed by atoms with E-state index < -0.39 is 27.1 Å². The lowest BCUT2D eigenvalue weighted by atomic mass is 9.94. The number of fused-ring (bicyclic) bond motifs is 1. The van der Waals surface area contributed by atoms with Crippen molar-refractivity contribution in [3.8, 4) is 0 Å². The van der Waals surface area contributed by atoms with Crippen molar-refractivity contribution in [2.45, 2.75) is 32.6 Å². The summed E-state index contributed by atoms with van der Waals surface area (Å²) in [6.45, 7) is 4.65. The molecular weight excluding hydrogens is 350 g/mol. The largest absolute Gasteiger partial charge is 0.308 e. The zero-order chi connectivity index (χ0) is 19.7. The number of benzene rings is 2. The van der Waals surface area contributed by atoms with Gasteiger partial charge in [0.25, 0.3) is 17.3 Å². The molecule has 1 amide bonds. The van der Waals surface area contributed by atoms with Gasteiger partial charge in [-0.3, -0.25) is 25.0 Å². The molecule has 2 aromatic rings. The van der Waals surface area contributed by atoms with Crippen LogP contribution < -0.4 is 4.90 Å². The van der Waals surface area contributed by atoms with Gasteiger partial charge in [0.05, 0.1) is 21.5 Å². The summed E-state index contributed by atoms with van der Waals surface area (Å²) < 4.78 is 0. The van der Waals surface area contributed by atoms with Gasteiger partial charge in [0.2, 0.25) is 0 Å². The standard InChI is InChI=1S/C19H19N3O5/c1-12(2)13-5-6-18-14(8-13)4-3-7-20(18)19(23)15-9-16(21(24)25)11-17(10-15)22(26)27/h5-6,8-12H,3-4,7H2,1-2H3. The van der Waals surface area contributed by atoms with Gasteiger partial charge in [-0.1, -0.05) is 26.0 Å². The number of nitrogens with zero attached hydrogens (tertiary/aromatic N) is 3. The van der Waals surface area contributed by atoms with E-state index in [2.05, 4.69) is 19.9 Å². The predicted molar refractivity (Wildman–Crippen MR) is 100 cm³/mol. The van der Waals surface area contributed by atoms with Crippen LogP contribution in [0.25, 0.3) is 0 Å². The van der Waals surface area contributed by atoms with Crippen LogP contribution in [0, 0.1) is 20.2 Å². The fourth-order valence-electron chi connectivity index (χ4n) is 3.27. The van der Waals surface area contributed by atoms with Crippen LogP contribution in [0.2, 0.25) is 0 Å². The lowest BCUT2D eigenvalue weighted by Crippen LogP contribution is -2.35. The van der Waals surface area contributed by atoms with Gasteiger partial charge in [-0.25, -0.2) is 0 Å². The fourth-order valence-corrected chi connectivity index (χ4v) is 3.27. The number of nitro benzene ring substituents is 2. The molecule has 0 bridgehead atoms. The average molecular weight is 369 g/mol. The molecule has 0 spiro atoms. The third-order valence-electron chi connectivity index (χ3n) is 4.71. The topological polar surface area (TPSA) is 107 Å². The van der Waals surface area contributed by atoms with Crippen molar-refractivity contribution in [3.63, 3.8) is 0 Å². The van der Waals surface area contributed by atoms with Crippen molar-refractivity contribution in [2.75, 3.05) is 11.4 Å². The Morgan fingerprint density at radius 3 is 2.22 bits per heavy atom. The van der Waals surface area contributed by atoms with Crippen LogP contribution in [-0.4, -0.2) is 22.3 Å². The predicted octanol–water partition coefficient (Wildman–Crippen LogP) is 4.22. The Labute approximate surface area is 155 Å². The molecule has 0 aromatic heterocycles. The normalized spacial score (nSPS) is 13.4. The summed E-state index contributed by atoms with van der Waals surface area (Å²) in [6, 6.07) is 8.96. The molecule has 8 nitrogen and oxygen atoms in total. The highest BCUT2D eigenvalue weighted by Gasteiger charge is 2.27. The molecular formula is C19H19N3O5. The number of nitro groups is 2. The van der Waals surface area contributed by atoms with Crippen molar-refractivity contribution in [1.82, 2.24) is 0 Å². The average Bonchev–Trinajstić information content (AvgIpc) is 2.65. The highest BCUT2D eigenvalue weighted by molar-refractivity contribution is 6.07. The molecule has 27 heavy (non-hydrogen) atoms. The van der Waals surface area contributed by atoms with Gasteiger partial charge in [0.15, 0.2) is 0 Å². The van der Waals surface area contributed by atoms with E-state index in [9.17, 15) is 25.0 Å². The second-order valence-corrected chi connectivity index (χ2v) is 6.86. The van der Waals surface area contributed by atoms with E-state index in [-0.39, 0.29) is 5.56 Å². The van der Waals surface area contributed by atoms with Gasteiger partial charge < -0.3 is 4.90 Å². The third-order valence-corrected chi connectivity index (χ3v) is 4.71. The minimum atomic E-state index is -0.733. The Morgan fingerprint density at radius 2 is 1.67 bits per heavy atom. The molecule has 3 rings (SSSR count). The first-order chi connectivity index (χ1) is 12.8. The Hall–Kier alpha value is -3.29. The van der Waals surface area contributed by atoms with E-state index in [1.165, 1.54) is 5.56 Å². The maximum absolute atomic E-state index is 13.0. The molecule has 0 fully saturated rings. The molecule has 0 N–H and O–H groups in total. The second kappa shape index (κ2) is 7.14. The fraction of sp³-hybridized carbons (Fsp3) is 0.316. The van der Waals surface area contributed by atoms with Gasteiger partial charge in [0, 0.05) is 24.4 Å². The number of amides is 1. The molecule has 0 saturated heterocycles. The van der Waals surface area contributed by atoms with Crippen molar-refractivity contribution in [1.29, 1.82) is 0 Å². The minimum absolute atomic E-state index is 0.0586. The van der Waals surface area contributed by atoms with Crippen molar-refractivity contribution < 1.29 is 14.6 Å². The third kappa shape index (κ3) is 3.64. The number of non-ortho nitro benzene ring substituents is 2. The summed E-state index contributed by atoms with van der Waals surface area (Å²) in [5, 5.41) is 22.2.